The van der Waals surface area contributed by atoms with Crippen LogP contribution in [0.5, 0.6) is 11.5 Å². The summed E-state index contributed by atoms with van der Waals surface area (Å²) in [7, 11) is 1.66. The quantitative estimate of drug-likeness (QED) is 0.841. The van der Waals surface area contributed by atoms with Gasteiger partial charge in [-0.15, -0.1) is 0 Å². The first-order valence-electron chi connectivity index (χ1n) is 6.93. The van der Waals surface area contributed by atoms with Crippen molar-refractivity contribution in [1.82, 2.24) is 0 Å². The maximum absolute atomic E-state index is 6.05. The SMILES string of the molecule is CCOc1cc(C)ccc1NCc1cc(Cl)ccc1OC. The van der Waals surface area contributed by atoms with Crippen molar-refractivity contribution in [1.29, 1.82) is 0 Å². The van der Waals surface area contributed by atoms with E-state index in [9.17, 15) is 0 Å². The van der Waals surface area contributed by atoms with Crippen LogP contribution in [-0.2, 0) is 6.54 Å². The van der Waals surface area contributed by atoms with Gasteiger partial charge in [-0.3, -0.25) is 0 Å². The summed E-state index contributed by atoms with van der Waals surface area (Å²) in [5.74, 6) is 1.68. The van der Waals surface area contributed by atoms with Gasteiger partial charge in [0.25, 0.3) is 0 Å². The maximum atomic E-state index is 6.05. The highest BCUT2D eigenvalue weighted by atomic mass is 35.5. The van der Waals surface area contributed by atoms with E-state index in [1.807, 2.05) is 44.2 Å². The topological polar surface area (TPSA) is 30.5 Å². The fourth-order valence-electron chi connectivity index (χ4n) is 2.13. The second kappa shape index (κ2) is 7.23. The molecule has 0 atom stereocenters. The molecule has 0 saturated carbocycles. The van der Waals surface area contributed by atoms with Crippen LogP contribution in [0.2, 0.25) is 5.02 Å². The van der Waals surface area contributed by atoms with Crippen molar-refractivity contribution < 1.29 is 9.47 Å². The molecule has 0 amide bonds. The third-order valence-electron chi connectivity index (χ3n) is 3.15. The summed E-state index contributed by atoms with van der Waals surface area (Å²) >= 11 is 6.05. The van der Waals surface area contributed by atoms with Crippen molar-refractivity contribution in [3.63, 3.8) is 0 Å². The molecule has 2 aromatic rings. The van der Waals surface area contributed by atoms with Crippen molar-refractivity contribution >= 4 is 17.3 Å². The van der Waals surface area contributed by atoms with E-state index in [0.29, 0.717) is 18.2 Å². The minimum Gasteiger partial charge on any atom is -0.496 e. The number of hydrogen-bond donors (Lipinski definition) is 1. The molecule has 0 bridgehead atoms. The largest absolute Gasteiger partial charge is 0.496 e. The highest BCUT2D eigenvalue weighted by molar-refractivity contribution is 6.30. The number of benzene rings is 2. The zero-order valence-electron chi connectivity index (χ0n) is 12.6. The van der Waals surface area contributed by atoms with Crippen molar-refractivity contribution in [3.05, 3.63) is 52.5 Å². The molecule has 0 spiro atoms. The zero-order chi connectivity index (χ0) is 15.2. The molecule has 0 fully saturated rings. The summed E-state index contributed by atoms with van der Waals surface area (Å²) in [6.45, 7) is 5.28. The highest BCUT2D eigenvalue weighted by Crippen LogP contribution is 2.28. The van der Waals surface area contributed by atoms with Gasteiger partial charge in [0.05, 0.1) is 19.4 Å². The van der Waals surface area contributed by atoms with Gasteiger partial charge in [-0.1, -0.05) is 17.7 Å². The molecule has 112 valence electrons. The van der Waals surface area contributed by atoms with Crippen molar-refractivity contribution in [2.24, 2.45) is 0 Å². The number of rotatable bonds is 6. The van der Waals surface area contributed by atoms with E-state index in [2.05, 4.69) is 11.4 Å². The number of nitrogens with one attached hydrogen (secondary N) is 1. The fraction of sp³-hybridized carbons (Fsp3) is 0.294. The highest BCUT2D eigenvalue weighted by Gasteiger charge is 2.07. The van der Waals surface area contributed by atoms with Crippen LogP contribution in [0.4, 0.5) is 5.69 Å². The molecule has 21 heavy (non-hydrogen) atoms. The molecule has 0 unspecified atom stereocenters. The Kier molecular flexibility index (Phi) is 5.34. The first-order chi connectivity index (χ1) is 10.1. The lowest BCUT2D eigenvalue weighted by molar-refractivity contribution is 0.341. The zero-order valence-corrected chi connectivity index (χ0v) is 13.3. The number of halogens is 1. The van der Waals surface area contributed by atoms with Crippen LogP contribution in [0.15, 0.2) is 36.4 Å². The number of aryl methyl sites for hydroxylation is 1. The fourth-order valence-corrected chi connectivity index (χ4v) is 2.32. The van der Waals surface area contributed by atoms with Crippen molar-refractivity contribution in [2.45, 2.75) is 20.4 Å². The van der Waals surface area contributed by atoms with Crippen LogP contribution in [-0.4, -0.2) is 13.7 Å². The average molecular weight is 306 g/mol. The Morgan fingerprint density at radius 1 is 1.10 bits per heavy atom. The van der Waals surface area contributed by atoms with Crippen LogP contribution >= 0.6 is 11.6 Å². The molecule has 2 rings (SSSR count). The Labute approximate surface area is 130 Å². The van der Waals surface area contributed by atoms with Crippen LogP contribution in [0, 0.1) is 6.92 Å². The van der Waals surface area contributed by atoms with Gasteiger partial charge in [0.2, 0.25) is 0 Å². The predicted molar refractivity (Wildman–Crippen MR) is 87.7 cm³/mol. The van der Waals surface area contributed by atoms with E-state index in [-0.39, 0.29) is 0 Å². The Hall–Kier alpha value is -1.87. The van der Waals surface area contributed by atoms with Crippen molar-refractivity contribution in [3.8, 4) is 11.5 Å². The lowest BCUT2D eigenvalue weighted by Gasteiger charge is -2.15. The Morgan fingerprint density at radius 2 is 1.90 bits per heavy atom. The van der Waals surface area contributed by atoms with Gasteiger partial charge >= 0.3 is 0 Å². The standard InChI is InChI=1S/C17H20ClNO2/c1-4-21-17-9-12(2)5-7-15(17)19-11-13-10-14(18)6-8-16(13)20-3/h5-10,19H,4,11H2,1-3H3. The van der Waals surface area contributed by atoms with Gasteiger partial charge in [0, 0.05) is 17.1 Å². The summed E-state index contributed by atoms with van der Waals surface area (Å²) in [4.78, 5) is 0. The van der Waals surface area contributed by atoms with Crippen LogP contribution in [0.1, 0.15) is 18.1 Å². The van der Waals surface area contributed by atoms with E-state index >= 15 is 0 Å². The minimum atomic E-state index is 0.618. The molecule has 0 aliphatic carbocycles. The summed E-state index contributed by atoms with van der Waals surface area (Å²) in [5, 5.41) is 4.08. The van der Waals surface area contributed by atoms with E-state index < -0.39 is 0 Å². The van der Waals surface area contributed by atoms with Gasteiger partial charge < -0.3 is 14.8 Å². The second-order valence-electron chi connectivity index (χ2n) is 4.74. The summed E-state index contributed by atoms with van der Waals surface area (Å²) in [6, 6.07) is 11.7. The van der Waals surface area contributed by atoms with E-state index in [4.69, 9.17) is 21.1 Å². The minimum absolute atomic E-state index is 0.618. The number of hydrogen-bond acceptors (Lipinski definition) is 3. The average Bonchev–Trinajstić information content (AvgIpc) is 2.47. The summed E-state index contributed by atoms with van der Waals surface area (Å²) < 4.78 is 11.0. The predicted octanol–water partition coefficient (Wildman–Crippen LogP) is 4.67. The van der Waals surface area contributed by atoms with Gasteiger partial charge in [-0.05, 0) is 49.7 Å². The molecule has 0 aliphatic heterocycles. The molecule has 1 N–H and O–H groups in total. The normalized spacial score (nSPS) is 10.3. The summed E-state index contributed by atoms with van der Waals surface area (Å²) in [6.07, 6.45) is 0. The number of methoxy groups -OCH3 is 1. The lowest BCUT2D eigenvalue weighted by atomic mass is 10.1. The smallest absolute Gasteiger partial charge is 0.142 e. The van der Waals surface area contributed by atoms with Gasteiger partial charge in [0.15, 0.2) is 0 Å². The van der Waals surface area contributed by atoms with Gasteiger partial charge in [-0.25, -0.2) is 0 Å². The molecule has 3 nitrogen and oxygen atoms in total. The van der Waals surface area contributed by atoms with Crippen LogP contribution < -0.4 is 14.8 Å². The molecule has 0 aliphatic rings. The molecule has 0 aromatic heterocycles. The maximum Gasteiger partial charge on any atom is 0.142 e. The van der Waals surface area contributed by atoms with Gasteiger partial charge in [-0.2, -0.15) is 0 Å². The van der Waals surface area contributed by atoms with Crippen molar-refractivity contribution in [2.75, 3.05) is 19.0 Å². The van der Waals surface area contributed by atoms with Gasteiger partial charge in [0.1, 0.15) is 11.5 Å². The summed E-state index contributed by atoms with van der Waals surface area (Å²) in [5.41, 5.74) is 3.14. The number of ether oxygens (including phenoxy) is 2. The Balaban J connectivity index is 2.18. The van der Waals surface area contributed by atoms with E-state index in [1.165, 1.54) is 5.56 Å². The Bertz CT molecular complexity index is 614. The van der Waals surface area contributed by atoms with Crippen LogP contribution in [0.3, 0.4) is 0 Å². The second-order valence-corrected chi connectivity index (χ2v) is 5.18. The van der Waals surface area contributed by atoms with E-state index in [1.54, 1.807) is 7.11 Å². The third-order valence-corrected chi connectivity index (χ3v) is 3.38. The van der Waals surface area contributed by atoms with Crippen LogP contribution in [0.25, 0.3) is 0 Å². The lowest BCUT2D eigenvalue weighted by Crippen LogP contribution is -2.04. The molecule has 2 aromatic carbocycles. The first-order valence-corrected chi connectivity index (χ1v) is 7.31. The molecule has 0 saturated heterocycles. The molecular weight excluding hydrogens is 286 g/mol. The number of anilines is 1. The molecule has 4 heteroatoms. The molecular formula is C17H20ClNO2. The third kappa shape index (κ3) is 4.05. The Morgan fingerprint density at radius 3 is 2.62 bits per heavy atom. The monoisotopic (exact) mass is 305 g/mol. The molecule has 0 heterocycles. The van der Waals surface area contributed by atoms with E-state index in [0.717, 1.165) is 22.7 Å². The molecule has 0 radical (unpaired) electrons. The first kappa shape index (κ1) is 15.5.